The minimum Gasteiger partial charge on any atom is -0.378 e. The first-order valence-corrected chi connectivity index (χ1v) is 7.81. The van der Waals surface area contributed by atoms with E-state index in [1.54, 1.807) is 0 Å². The van der Waals surface area contributed by atoms with Crippen LogP contribution in [0.3, 0.4) is 0 Å². The molecule has 104 valence electrons. The quantitative estimate of drug-likeness (QED) is 0.828. The highest BCUT2D eigenvalue weighted by Gasteiger charge is 2.56. The van der Waals surface area contributed by atoms with Crippen molar-refractivity contribution >= 4 is 0 Å². The molecule has 2 aliphatic carbocycles. The van der Waals surface area contributed by atoms with Gasteiger partial charge in [0.1, 0.15) is 0 Å². The molecule has 3 rings (SSSR count). The van der Waals surface area contributed by atoms with Crippen LogP contribution in [0.15, 0.2) is 0 Å². The fourth-order valence-electron chi connectivity index (χ4n) is 4.48. The van der Waals surface area contributed by atoms with Gasteiger partial charge in [-0.1, -0.05) is 12.8 Å². The summed E-state index contributed by atoms with van der Waals surface area (Å²) in [6.07, 6.45) is 8.70. The zero-order valence-electron chi connectivity index (χ0n) is 12.0. The molecule has 3 unspecified atom stereocenters. The maximum absolute atomic E-state index is 5.98. The van der Waals surface area contributed by atoms with Gasteiger partial charge in [0.15, 0.2) is 0 Å². The van der Waals surface area contributed by atoms with Crippen molar-refractivity contribution in [2.45, 2.75) is 63.6 Å². The molecule has 1 heterocycles. The molecule has 18 heavy (non-hydrogen) atoms. The average Bonchev–Trinajstić information content (AvgIpc) is 2.98. The lowest BCUT2D eigenvalue weighted by Gasteiger charge is -2.55. The third kappa shape index (κ3) is 2.10. The van der Waals surface area contributed by atoms with Gasteiger partial charge in [0.2, 0.25) is 0 Å². The van der Waals surface area contributed by atoms with Crippen LogP contribution in [0.25, 0.3) is 0 Å². The number of rotatable bonds is 4. The second kappa shape index (κ2) is 5.10. The van der Waals surface area contributed by atoms with Gasteiger partial charge in [-0.25, -0.2) is 0 Å². The SMILES string of the molecule is CCOC1CC(NC2CCN(C)C2)C12CCCC2. The van der Waals surface area contributed by atoms with E-state index in [4.69, 9.17) is 4.74 Å². The zero-order valence-corrected chi connectivity index (χ0v) is 12.0. The van der Waals surface area contributed by atoms with Gasteiger partial charge in [0.25, 0.3) is 0 Å². The zero-order chi connectivity index (χ0) is 12.6. The van der Waals surface area contributed by atoms with Gasteiger partial charge in [-0.15, -0.1) is 0 Å². The molecule has 0 radical (unpaired) electrons. The van der Waals surface area contributed by atoms with Crippen molar-refractivity contribution in [1.82, 2.24) is 10.2 Å². The topological polar surface area (TPSA) is 24.5 Å². The lowest BCUT2D eigenvalue weighted by atomic mass is 9.60. The minimum atomic E-state index is 0.497. The Balaban J connectivity index is 1.59. The van der Waals surface area contributed by atoms with Gasteiger partial charge in [-0.3, -0.25) is 0 Å². The van der Waals surface area contributed by atoms with Crippen LogP contribution in [0, 0.1) is 5.41 Å². The lowest BCUT2D eigenvalue weighted by molar-refractivity contribution is -0.132. The molecule has 3 atom stereocenters. The molecule has 3 aliphatic rings. The van der Waals surface area contributed by atoms with Crippen LogP contribution >= 0.6 is 0 Å². The summed E-state index contributed by atoms with van der Waals surface area (Å²) in [6, 6.07) is 1.45. The van der Waals surface area contributed by atoms with Crippen molar-refractivity contribution in [2.75, 3.05) is 26.7 Å². The van der Waals surface area contributed by atoms with Crippen LogP contribution < -0.4 is 5.32 Å². The van der Waals surface area contributed by atoms with Gasteiger partial charge < -0.3 is 15.0 Å². The molecule has 3 fully saturated rings. The summed E-state index contributed by atoms with van der Waals surface area (Å²) in [5.41, 5.74) is 0.497. The maximum Gasteiger partial charge on any atom is 0.0661 e. The number of likely N-dealkylation sites (tertiary alicyclic amines) is 1. The molecule has 1 N–H and O–H groups in total. The molecule has 0 aromatic heterocycles. The first kappa shape index (κ1) is 12.9. The highest BCUT2D eigenvalue weighted by Crippen LogP contribution is 2.54. The second-order valence-corrected chi connectivity index (χ2v) is 6.59. The normalized spacial score (nSPS) is 39.3. The Morgan fingerprint density at radius 1 is 1.33 bits per heavy atom. The summed E-state index contributed by atoms with van der Waals surface area (Å²) in [5.74, 6) is 0. The van der Waals surface area contributed by atoms with Crippen molar-refractivity contribution in [3.8, 4) is 0 Å². The third-order valence-electron chi connectivity index (χ3n) is 5.52. The molecule has 1 aliphatic heterocycles. The monoisotopic (exact) mass is 252 g/mol. The predicted molar refractivity (Wildman–Crippen MR) is 73.8 cm³/mol. The summed E-state index contributed by atoms with van der Waals surface area (Å²) in [4.78, 5) is 2.44. The molecule has 1 spiro atoms. The predicted octanol–water partition coefficient (Wildman–Crippen LogP) is 2.02. The molecular weight excluding hydrogens is 224 g/mol. The van der Waals surface area contributed by atoms with E-state index in [0.29, 0.717) is 11.5 Å². The number of hydrogen-bond acceptors (Lipinski definition) is 3. The van der Waals surface area contributed by atoms with E-state index in [1.807, 2.05) is 0 Å². The first-order valence-electron chi connectivity index (χ1n) is 7.81. The van der Waals surface area contributed by atoms with Crippen LogP contribution in [0.5, 0.6) is 0 Å². The van der Waals surface area contributed by atoms with Gasteiger partial charge in [-0.2, -0.15) is 0 Å². The largest absolute Gasteiger partial charge is 0.378 e. The Kier molecular flexibility index (Phi) is 3.65. The van der Waals surface area contributed by atoms with Gasteiger partial charge in [0, 0.05) is 30.7 Å². The lowest BCUT2D eigenvalue weighted by Crippen LogP contribution is -2.64. The van der Waals surface area contributed by atoms with Crippen LogP contribution in [-0.2, 0) is 4.74 Å². The van der Waals surface area contributed by atoms with E-state index in [2.05, 4.69) is 24.2 Å². The first-order chi connectivity index (χ1) is 8.74. The van der Waals surface area contributed by atoms with E-state index >= 15 is 0 Å². The van der Waals surface area contributed by atoms with Gasteiger partial charge in [-0.05, 0) is 46.2 Å². The smallest absolute Gasteiger partial charge is 0.0661 e. The molecule has 2 saturated carbocycles. The average molecular weight is 252 g/mol. The Hall–Kier alpha value is -0.120. The number of nitrogens with zero attached hydrogens (tertiary/aromatic N) is 1. The standard InChI is InChI=1S/C15H28N2O/c1-3-18-14-10-13(15(14)7-4-5-8-15)16-12-6-9-17(2)11-12/h12-14,16H,3-11H2,1-2H3. The number of nitrogens with one attached hydrogen (secondary N) is 1. The van der Waals surface area contributed by atoms with Crippen molar-refractivity contribution in [2.24, 2.45) is 5.41 Å². The van der Waals surface area contributed by atoms with Crippen LogP contribution in [-0.4, -0.2) is 49.8 Å². The van der Waals surface area contributed by atoms with E-state index in [0.717, 1.165) is 18.7 Å². The molecule has 3 nitrogen and oxygen atoms in total. The van der Waals surface area contributed by atoms with Crippen molar-refractivity contribution in [3.63, 3.8) is 0 Å². The molecule has 0 bridgehead atoms. The fourth-order valence-corrected chi connectivity index (χ4v) is 4.48. The molecule has 0 amide bonds. The second-order valence-electron chi connectivity index (χ2n) is 6.59. The van der Waals surface area contributed by atoms with E-state index in [-0.39, 0.29) is 0 Å². The van der Waals surface area contributed by atoms with Gasteiger partial charge in [0.05, 0.1) is 6.10 Å². The number of hydrogen-bond donors (Lipinski definition) is 1. The van der Waals surface area contributed by atoms with E-state index in [9.17, 15) is 0 Å². The molecule has 1 saturated heterocycles. The Labute approximate surface area is 111 Å². The number of likely N-dealkylation sites (N-methyl/N-ethyl adjacent to an activating group) is 1. The van der Waals surface area contributed by atoms with Crippen LogP contribution in [0.2, 0.25) is 0 Å². The summed E-state index contributed by atoms with van der Waals surface area (Å²) >= 11 is 0. The third-order valence-corrected chi connectivity index (χ3v) is 5.52. The molecule has 0 aromatic rings. The van der Waals surface area contributed by atoms with Crippen molar-refractivity contribution in [1.29, 1.82) is 0 Å². The minimum absolute atomic E-state index is 0.497. The summed E-state index contributed by atoms with van der Waals surface area (Å²) in [7, 11) is 2.23. The fraction of sp³-hybridized carbons (Fsp3) is 1.00. The van der Waals surface area contributed by atoms with Crippen LogP contribution in [0.1, 0.15) is 45.4 Å². The van der Waals surface area contributed by atoms with E-state index in [1.165, 1.54) is 51.6 Å². The molecular formula is C15H28N2O. The van der Waals surface area contributed by atoms with Crippen molar-refractivity contribution in [3.05, 3.63) is 0 Å². The highest BCUT2D eigenvalue weighted by molar-refractivity contribution is 5.10. The Morgan fingerprint density at radius 2 is 2.11 bits per heavy atom. The Morgan fingerprint density at radius 3 is 2.72 bits per heavy atom. The highest BCUT2D eigenvalue weighted by atomic mass is 16.5. The number of ether oxygens (including phenoxy) is 1. The van der Waals surface area contributed by atoms with Crippen molar-refractivity contribution < 1.29 is 4.74 Å². The summed E-state index contributed by atoms with van der Waals surface area (Å²) in [5, 5.41) is 3.95. The molecule has 3 heteroatoms. The maximum atomic E-state index is 5.98. The Bertz CT molecular complexity index is 288. The van der Waals surface area contributed by atoms with Crippen LogP contribution in [0.4, 0.5) is 0 Å². The summed E-state index contributed by atoms with van der Waals surface area (Å²) < 4.78 is 5.98. The summed E-state index contributed by atoms with van der Waals surface area (Å²) in [6.45, 7) is 5.50. The van der Waals surface area contributed by atoms with E-state index < -0.39 is 0 Å². The molecule has 0 aromatic carbocycles. The van der Waals surface area contributed by atoms with Gasteiger partial charge >= 0.3 is 0 Å².